The monoisotopic (exact) mass is 373 g/mol. The molecule has 106 valence electrons. The molecule has 0 spiro atoms. The van der Waals surface area contributed by atoms with E-state index >= 15 is 0 Å². The van der Waals surface area contributed by atoms with E-state index in [0.29, 0.717) is 0 Å². The van der Waals surface area contributed by atoms with Crippen molar-refractivity contribution in [3.8, 4) is 5.75 Å². The summed E-state index contributed by atoms with van der Waals surface area (Å²) in [4.78, 5) is 2.12. The molecule has 0 aromatic heterocycles. The molecule has 0 radical (unpaired) electrons. The molecule has 0 aliphatic heterocycles. The first-order chi connectivity index (χ1) is 9.25. The van der Waals surface area contributed by atoms with Crippen molar-refractivity contribution in [2.24, 2.45) is 0 Å². The minimum atomic E-state index is 0. The number of hydrogen-bond donors (Lipinski definition) is 0. The summed E-state index contributed by atoms with van der Waals surface area (Å²) in [6.45, 7) is 1.65. The van der Waals surface area contributed by atoms with E-state index in [0.717, 1.165) is 25.3 Å². The Kier molecular flexibility index (Phi) is 7.78. The van der Waals surface area contributed by atoms with Crippen LogP contribution in [-0.2, 0) is 6.42 Å². The van der Waals surface area contributed by atoms with Crippen molar-refractivity contribution >= 4 is 25.8 Å². The Hall–Kier alpha value is -0.930. The molecule has 20 heavy (non-hydrogen) atoms. The van der Waals surface area contributed by atoms with Crippen LogP contribution in [0.4, 0.5) is 0 Å². The van der Waals surface area contributed by atoms with E-state index in [2.05, 4.69) is 55.4 Å². The van der Waals surface area contributed by atoms with Crippen LogP contribution in [0.1, 0.15) is 11.1 Å². The van der Waals surface area contributed by atoms with E-state index in [4.69, 9.17) is 4.74 Å². The Balaban J connectivity index is 0.00000200. The predicted octanol–water partition coefficient (Wildman–Crippen LogP) is 2.03. The average Bonchev–Trinajstić information content (AvgIpc) is 2.41. The summed E-state index contributed by atoms with van der Waals surface area (Å²) >= 11 is 0. The van der Waals surface area contributed by atoms with Gasteiger partial charge in [0.15, 0.2) is 0 Å². The summed E-state index contributed by atoms with van der Waals surface area (Å²) in [5, 5.41) is 0. The van der Waals surface area contributed by atoms with Gasteiger partial charge in [-0.25, -0.2) is 0 Å². The Morgan fingerprint density at radius 1 is 0.900 bits per heavy atom. The molecule has 2 aromatic carbocycles. The van der Waals surface area contributed by atoms with Gasteiger partial charge in [-0.2, -0.15) is 0 Å². The molecule has 0 saturated heterocycles. The molecule has 0 bridgehead atoms. The van der Waals surface area contributed by atoms with E-state index in [1.54, 1.807) is 0 Å². The molecule has 0 saturated carbocycles. The van der Waals surface area contributed by atoms with E-state index in [1.165, 1.54) is 11.1 Å². The van der Waals surface area contributed by atoms with Gasteiger partial charge in [0.05, 0.1) is 0 Å². The number of rotatable bonds is 6. The van der Waals surface area contributed by atoms with E-state index in [1.807, 2.05) is 18.2 Å². The third-order valence-electron chi connectivity index (χ3n) is 3.01. The Labute approximate surface area is 140 Å². The van der Waals surface area contributed by atoms with Crippen molar-refractivity contribution in [1.82, 2.24) is 4.90 Å². The van der Waals surface area contributed by atoms with Crippen molar-refractivity contribution in [3.05, 3.63) is 65.7 Å². The molecule has 0 unspecified atom stereocenters. The van der Waals surface area contributed by atoms with Gasteiger partial charge in [-0.15, -0.1) is 0 Å². The zero-order valence-electron chi connectivity index (χ0n) is 11.7. The van der Waals surface area contributed by atoms with E-state index < -0.39 is 0 Å². The van der Waals surface area contributed by atoms with Crippen LogP contribution >= 0.6 is 0 Å². The number of hydrogen-bond acceptors (Lipinski definition) is 2. The Morgan fingerprint density at radius 2 is 1.55 bits per heavy atom. The summed E-state index contributed by atoms with van der Waals surface area (Å²) in [5.41, 5.74) is 2.55. The second-order valence-corrected chi connectivity index (χ2v) is 4.92. The van der Waals surface area contributed by atoms with Crippen molar-refractivity contribution < 1.29 is 4.74 Å². The molecule has 2 aromatic rings. The quantitative estimate of drug-likeness (QED) is 0.769. The summed E-state index contributed by atoms with van der Waals surface area (Å²) in [6, 6.07) is 18.8. The minimum absolute atomic E-state index is 0. The van der Waals surface area contributed by atoms with Crippen LogP contribution in [0, 0.1) is 0 Å². The average molecular weight is 373 g/mol. The number of nitrogens with zero attached hydrogens (tertiary/aromatic N) is 1. The molecule has 0 fully saturated rings. The summed E-state index contributed by atoms with van der Waals surface area (Å²) < 4.78 is 5.88. The normalized spacial score (nSPS) is 10.2. The summed E-state index contributed by atoms with van der Waals surface area (Å²) in [7, 11) is 4.11. The molecule has 0 aliphatic rings. The van der Waals surface area contributed by atoms with Crippen molar-refractivity contribution in [2.45, 2.75) is 6.42 Å². The summed E-state index contributed by atoms with van der Waals surface area (Å²) in [6.07, 6.45) is 0.916. The zero-order chi connectivity index (χ0) is 13.5. The van der Waals surface area contributed by atoms with Gasteiger partial charge in [-0.3, -0.25) is 0 Å². The first kappa shape index (κ1) is 17.1. The van der Waals surface area contributed by atoms with Crippen LogP contribution in [0.2, 0.25) is 0 Å². The maximum atomic E-state index is 5.88. The van der Waals surface area contributed by atoms with Crippen LogP contribution in [0.25, 0.3) is 0 Å². The van der Waals surface area contributed by atoms with Crippen LogP contribution in [0.5, 0.6) is 5.75 Å². The SMILES string of the molecule is CN(C)CCOc1ccccc1Cc1ccccc1.[InH3]. The van der Waals surface area contributed by atoms with Crippen molar-refractivity contribution in [1.29, 1.82) is 0 Å². The van der Waals surface area contributed by atoms with Gasteiger partial charge in [0.25, 0.3) is 0 Å². The summed E-state index contributed by atoms with van der Waals surface area (Å²) in [5.74, 6) is 0.994. The topological polar surface area (TPSA) is 12.5 Å². The van der Waals surface area contributed by atoms with Gasteiger partial charge in [-0.1, -0.05) is 48.5 Å². The molecular formula is C17H24InNO. The van der Waals surface area contributed by atoms with Gasteiger partial charge < -0.3 is 9.64 Å². The van der Waals surface area contributed by atoms with Crippen molar-refractivity contribution in [3.63, 3.8) is 0 Å². The third kappa shape index (κ3) is 5.59. The number of ether oxygens (including phenoxy) is 1. The fraction of sp³-hybridized carbons (Fsp3) is 0.294. The first-order valence-electron chi connectivity index (χ1n) is 6.65. The van der Waals surface area contributed by atoms with Crippen LogP contribution in [0.3, 0.4) is 0 Å². The predicted molar refractivity (Wildman–Crippen MR) is 89.7 cm³/mol. The number of likely N-dealkylation sites (N-methyl/N-ethyl adjacent to an activating group) is 1. The van der Waals surface area contributed by atoms with Crippen LogP contribution < -0.4 is 4.74 Å². The fourth-order valence-electron chi connectivity index (χ4n) is 1.94. The zero-order valence-corrected chi connectivity index (χ0v) is 11.7. The second kappa shape index (κ2) is 9.09. The third-order valence-corrected chi connectivity index (χ3v) is 3.01. The second-order valence-electron chi connectivity index (χ2n) is 4.92. The standard InChI is InChI=1S/C17H21NO.In.3H/c1-18(2)12-13-19-17-11-7-6-10-16(17)14-15-8-4-3-5-9-15;;;;/h3-11H,12-14H2,1-2H3;;;;. The molecule has 0 aliphatic carbocycles. The van der Waals surface area contributed by atoms with E-state index in [9.17, 15) is 0 Å². The number of benzene rings is 2. The molecule has 0 amide bonds. The fourth-order valence-corrected chi connectivity index (χ4v) is 1.94. The molecular weight excluding hydrogens is 349 g/mol. The van der Waals surface area contributed by atoms with Crippen molar-refractivity contribution in [2.75, 3.05) is 27.2 Å². The molecule has 3 heteroatoms. The molecule has 2 nitrogen and oxygen atoms in total. The first-order valence-corrected chi connectivity index (χ1v) is 6.65. The Bertz CT molecular complexity index is 499. The molecule has 0 N–H and O–H groups in total. The molecule has 0 heterocycles. The van der Waals surface area contributed by atoms with Gasteiger partial charge in [-0.05, 0) is 31.3 Å². The van der Waals surface area contributed by atoms with E-state index in [-0.39, 0.29) is 25.8 Å². The van der Waals surface area contributed by atoms with Gasteiger partial charge in [0.2, 0.25) is 0 Å². The number of para-hydroxylation sites is 1. The van der Waals surface area contributed by atoms with Crippen LogP contribution in [-0.4, -0.2) is 58.0 Å². The van der Waals surface area contributed by atoms with Crippen LogP contribution in [0.15, 0.2) is 54.6 Å². The maximum absolute atomic E-state index is 5.88. The molecule has 0 atom stereocenters. The van der Waals surface area contributed by atoms with Gasteiger partial charge in [0.1, 0.15) is 12.4 Å². The Morgan fingerprint density at radius 3 is 2.25 bits per heavy atom. The van der Waals surface area contributed by atoms with Gasteiger partial charge in [0, 0.05) is 13.0 Å². The van der Waals surface area contributed by atoms with Gasteiger partial charge >= 0.3 is 25.8 Å². The molecule has 2 rings (SSSR count).